The van der Waals surface area contributed by atoms with Gasteiger partial charge < -0.3 is 15.3 Å². The van der Waals surface area contributed by atoms with E-state index in [0.717, 1.165) is 19.3 Å². The molecular weight excluding hydrogens is 304 g/mol. The number of rotatable bonds is 14. The SMILES string of the molecule is [2H]C(C=CC=CC(O)CC([2H])=C([2H])CCCCC)=C([2H])C(O)CCCC(=O)O. The van der Waals surface area contributed by atoms with Crippen LogP contribution in [0.5, 0.6) is 0 Å². The van der Waals surface area contributed by atoms with Gasteiger partial charge in [-0.2, -0.15) is 0 Å². The molecule has 4 nitrogen and oxygen atoms in total. The van der Waals surface area contributed by atoms with Crippen LogP contribution in [0.15, 0.2) is 48.5 Å². The highest BCUT2D eigenvalue weighted by atomic mass is 16.4. The van der Waals surface area contributed by atoms with Gasteiger partial charge in [-0.05, 0) is 32.1 Å². The molecule has 0 rings (SSSR count). The molecule has 0 aliphatic rings. The summed E-state index contributed by atoms with van der Waals surface area (Å²) in [5.41, 5.74) is 0. The Hall–Kier alpha value is -1.65. The van der Waals surface area contributed by atoms with E-state index in [-0.39, 0.29) is 49.9 Å². The monoisotopic (exact) mass is 340 g/mol. The average Bonchev–Trinajstić information content (AvgIpc) is 2.63. The molecule has 0 aliphatic carbocycles. The summed E-state index contributed by atoms with van der Waals surface area (Å²) in [7, 11) is 0. The smallest absolute Gasteiger partial charge is 0.303 e. The van der Waals surface area contributed by atoms with Gasteiger partial charge in [0, 0.05) is 6.42 Å². The van der Waals surface area contributed by atoms with Crippen molar-refractivity contribution in [2.45, 2.75) is 70.5 Å². The van der Waals surface area contributed by atoms with Crippen molar-refractivity contribution in [1.29, 1.82) is 0 Å². The molecule has 0 aromatic heterocycles. The van der Waals surface area contributed by atoms with E-state index in [1.54, 1.807) is 0 Å². The summed E-state index contributed by atoms with van der Waals surface area (Å²) in [5, 5.41) is 28.2. The second kappa shape index (κ2) is 16.2. The second-order valence-corrected chi connectivity index (χ2v) is 5.42. The van der Waals surface area contributed by atoms with E-state index < -0.39 is 18.2 Å². The number of hydrogen-bond acceptors (Lipinski definition) is 3. The summed E-state index contributed by atoms with van der Waals surface area (Å²) < 4.78 is 31.1. The van der Waals surface area contributed by atoms with Gasteiger partial charge in [0.25, 0.3) is 0 Å². The first-order valence-corrected chi connectivity index (χ1v) is 8.44. The average molecular weight is 340 g/mol. The Morgan fingerprint density at radius 2 is 1.88 bits per heavy atom. The van der Waals surface area contributed by atoms with Crippen molar-refractivity contribution in [2.75, 3.05) is 0 Å². The normalized spacial score (nSPS) is 19.1. The molecule has 0 saturated heterocycles. The number of carboxylic acid groups (broad SMARTS) is 1. The molecule has 24 heavy (non-hydrogen) atoms. The van der Waals surface area contributed by atoms with Crippen LogP contribution in [0.2, 0.25) is 0 Å². The molecule has 0 aliphatic heterocycles. The third-order valence-corrected chi connectivity index (χ3v) is 3.08. The molecule has 0 spiro atoms. The van der Waals surface area contributed by atoms with Crippen molar-refractivity contribution in [3.63, 3.8) is 0 Å². The highest BCUT2D eigenvalue weighted by Gasteiger charge is 2.01. The molecule has 3 N–H and O–H groups in total. The predicted molar refractivity (Wildman–Crippen MR) is 98.8 cm³/mol. The van der Waals surface area contributed by atoms with E-state index in [1.165, 1.54) is 24.3 Å². The molecular formula is C20H32O4. The lowest BCUT2D eigenvalue weighted by molar-refractivity contribution is -0.137. The van der Waals surface area contributed by atoms with Crippen LogP contribution in [0.1, 0.15) is 63.8 Å². The van der Waals surface area contributed by atoms with Gasteiger partial charge in [0.15, 0.2) is 0 Å². The first-order chi connectivity index (χ1) is 13.2. The lowest BCUT2D eigenvalue weighted by atomic mass is 10.1. The van der Waals surface area contributed by atoms with Gasteiger partial charge in [-0.1, -0.05) is 68.3 Å². The zero-order valence-electron chi connectivity index (χ0n) is 18.4. The molecule has 2 atom stereocenters. The summed E-state index contributed by atoms with van der Waals surface area (Å²) in [4.78, 5) is 10.4. The van der Waals surface area contributed by atoms with E-state index in [4.69, 9.17) is 10.6 Å². The topological polar surface area (TPSA) is 77.8 Å². The Kier molecular flexibility index (Phi) is 10.7. The summed E-state index contributed by atoms with van der Waals surface area (Å²) >= 11 is 0. The highest BCUT2D eigenvalue weighted by Crippen LogP contribution is 2.03. The molecule has 0 bridgehead atoms. The highest BCUT2D eigenvalue weighted by molar-refractivity contribution is 5.66. The number of hydrogen-bond donors (Lipinski definition) is 3. The van der Waals surface area contributed by atoms with Crippen molar-refractivity contribution >= 4 is 5.97 Å². The lowest BCUT2D eigenvalue weighted by Crippen LogP contribution is -2.03. The van der Waals surface area contributed by atoms with E-state index in [2.05, 4.69) is 6.92 Å². The molecule has 0 aromatic rings. The van der Waals surface area contributed by atoms with Crippen LogP contribution in [-0.2, 0) is 4.79 Å². The largest absolute Gasteiger partial charge is 0.481 e. The second-order valence-electron chi connectivity index (χ2n) is 5.42. The minimum absolute atomic E-state index is 0.0465. The summed E-state index contributed by atoms with van der Waals surface area (Å²) in [6.45, 7) is 2.07. The Bertz CT molecular complexity index is 597. The summed E-state index contributed by atoms with van der Waals surface area (Å²) in [6, 6.07) is -0.148. The molecule has 0 radical (unpaired) electrons. The third-order valence-electron chi connectivity index (χ3n) is 3.08. The van der Waals surface area contributed by atoms with Crippen LogP contribution < -0.4 is 0 Å². The Morgan fingerprint density at radius 3 is 2.58 bits per heavy atom. The fourth-order valence-electron chi connectivity index (χ4n) is 1.76. The standard InChI is InChI=1S/C20H32O4/c1-2-3-4-5-6-9-13-18(21)14-10-7-8-11-15-19(22)16-12-17-20(23)24/h6-11,14-15,18-19,21-22H,2-5,12-13,16-17H2,1H3,(H,23,24)/i6D,9D,11D,15D. The number of aliphatic hydroxyl groups is 2. The maximum atomic E-state index is 10.4. The van der Waals surface area contributed by atoms with E-state index in [0.29, 0.717) is 6.42 Å². The van der Waals surface area contributed by atoms with Gasteiger partial charge in [0.1, 0.15) is 0 Å². The van der Waals surface area contributed by atoms with Crippen LogP contribution in [0.4, 0.5) is 0 Å². The Balaban J connectivity index is 4.55. The van der Waals surface area contributed by atoms with Crippen LogP contribution in [0.3, 0.4) is 0 Å². The molecule has 4 heteroatoms. The molecule has 0 heterocycles. The minimum atomic E-state index is -1.19. The number of carboxylic acids is 1. The van der Waals surface area contributed by atoms with Crippen LogP contribution in [0.25, 0.3) is 0 Å². The number of unbranched alkanes of at least 4 members (excludes halogenated alkanes) is 2. The summed E-state index contributed by atoms with van der Waals surface area (Å²) in [5.74, 6) is -0.971. The number of aliphatic hydroxyl groups excluding tert-OH is 2. The maximum absolute atomic E-state index is 10.4. The van der Waals surface area contributed by atoms with Gasteiger partial charge in [-0.3, -0.25) is 4.79 Å². The van der Waals surface area contributed by atoms with E-state index >= 15 is 0 Å². The number of allylic oxidation sites excluding steroid dienone is 5. The third kappa shape index (κ3) is 16.7. The quantitative estimate of drug-likeness (QED) is 0.252. The van der Waals surface area contributed by atoms with Crippen LogP contribution in [-0.4, -0.2) is 33.5 Å². The minimum Gasteiger partial charge on any atom is -0.481 e. The zero-order valence-corrected chi connectivity index (χ0v) is 14.4. The Labute approximate surface area is 151 Å². The first kappa shape index (κ1) is 15.9. The van der Waals surface area contributed by atoms with Gasteiger partial charge >= 0.3 is 5.97 Å². The van der Waals surface area contributed by atoms with Gasteiger partial charge in [-0.25, -0.2) is 0 Å². The number of aliphatic carboxylic acids is 1. The van der Waals surface area contributed by atoms with Crippen molar-refractivity contribution in [3.05, 3.63) is 48.5 Å². The molecule has 0 amide bonds. The van der Waals surface area contributed by atoms with Gasteiger partial charge in [-0.15, -0.1) is 0 Å². The molecule has 2 unspecified atom stereocenters. The molecule has 0 saturated carbocycles. The molecule has 0 fully saturated rings. The van der Waals surface area contributed by atoms with E-state index in [9.17, 15) is 15.0 Å². The van der Waals surface area contributed by atoms with Crippen molar-refractivity contribution in [2.24, 2.45) is 0 Å². The Morgan fingerprint density at radius 1 is 1.08 bits per heavy atom. The summed E-state index contributed by atoms with van der Waals surface area (Å²) in [6.07, 6.45) is 7.28. The van der Waals surface area contributed by atoms with Crippen molar-refractivity contribution in [3.8, 4) is 0 Å². The number of carbonyl (C=O) groups is 1. The lowest BCUT2D eigenvalue weighted by Gasteiger charge is -2.02. The maximum Gasteiger partial charge on any atom is 0.303 e. The van der Waals surface area contributed by atoms with Crippen molar-refractivity contribution in [1.82, 2.24) is 0 Å². The van der Waals surface area contributed by atoms with Crippen LogP contribution in [0, 0.1) is 0 Å². The van der Waals surface area contributed by atoms with Gasteiger partial charge in [0.2, 0.25) is 0 Å². The fourth-order valence-corrected chi connectivity index (χ4v) is 1.76. The van der Waals surface area contributed by atoms with Crippen molar-refractivity contribution < 1.29 is 25.6 Å². The molecule has 0 aromatic carbocycles. The molecule has 136 valence electrons. The van der Waals surface area contributed by atoms with E-state index in [1.807, 2.05) is 0 Å². The fraction of sp³-hybridized carbons (Fsp3) is 0.550. The zero-order chi connectivity index (χ0) is 21.5. The predicted octanol–water partition coefficient (Wildman–Crippen LogP) is 4.16. The van der Waals surface area contributed by atoms with Crippen LogP contribution >= 0.6 is 0 Å². The first-order valence-electron chi connectivity index (χ1n) is 10.4. The van der Waals surface area contributed by atoms with Gasteiger partial charge in [0.05, 0.1) is 17.7 Å².